The van der Waals surface area contributed by atoms with Gasteiger partial charge in [0.15, 0.2) is 0 Å². The maximum absolute atomic E-state index is 12.7. The van der Waals surface area contributed by atoms with Gasteiger partial charge in [-0.25, -0.2) is 0 Å². The van der Waals surface area contributed by atoms with Crippen LogP contribution in [0.5, 0.6) is 0 Å². The van der Waals surface area contributed by atoms with E-state index in [9.17, 15) is 4.79 Å². The molecule has 0 saturated carbocycles. The molecule has 2 aromatic rings. The van der Waals surface area contributed by atoms with E-state index in [-0.39, 0.29) is 11.4 Å². The minimum Gasteiger partial charge on any atom is -0.325 e. The first-order valence-corrected chi connectivity index (χ1v) is 7.22. The lowest BCUT2D eigenvalue weighted by Crippen LogP contribution is -2.39. The predicted molar refractivity (Wildman–Crippen MR) is 78.7 cm³/mol. The average Bonchev–Trinajstić information content (AvgIpc) is 3.01. The smallest absolute Gasteiger partial charge is 0.255 e. The van der Waals surface area contributed by atoms with Crippen LogP contribution in [-0.2, 0) is 5.54 Å². The van der Waals surface area contributed by atoms with Crippen molar-refractivity contribution in [2.45, 2.75) is 25.3 Å². The first-order chi connectivity index (χ1) is 9.73. The number of rotatable bonds is 1. The van der Waals surface area contributed by atoms with E-state index in [0.29, 0.717) is 0 Å². The topological polar surface area (TPSA) is 20.3 Å². The molecule has 100 valence electrons. The lowest BCUT2D eigenvalue weighted by Gasteiger charge is -2.33. The molecule has 2 aliphatic rings. The molecule has 2 nitrogen and oxygen atoms in total. The molecule has 1 atom stereocenters. The van der Waals surface area contributed by atoms with Crippen molar-refractivity contribution in [3.63, 3.8) is 0 Å². The molecule has 1 fully saturated rings. The standard InChI is InChI=1S/C18H17NO/c1-13-8-9-15-16(12-13)18(14-6-3-2-4-7-14)10-5-11-19(18)17(15)20/h2-4,6-9,12H,5,10-11H2,1H3. The molecule has 2 aliphatic heterocycles. The highest BCUT2D eigenvalue weighted by Crippen LogP contribution is 2.50. The quantitative estimate of drug-likeness (QED) is 0.771. The highest BCUT2D eigenvalue weighted by atomic mass is 16.2. The molecule has 2 heteroatoms. The van der Waals surface area contributed by atoms with Crippen molar-refractivity contribution in [3.05, 3.63) is 70.8 Å². The minimum absolute atomic E-state index is 0.196. The summed E-state index contributed by atoms with van der Waals surface area (Å²) in [5, 5.41) is 0. The predicted octanol–water partition coefficient (Wildman–Crippen LogP) is 3.49. The molecule has 1 saturated heterocycles. The Balaban J connectivity index is 2.03. The summed E-state index contributed by atoms with van der Waals surface area (Å²) >= 11 is 0. The van der Waals surface area contributed by atoms with E-state index in [0.717, 1.165) is 24.9 Å². The molecule has 0 N–H and O–H groups in total. The van der Waals surface area contributed by atoms with Crippen LogP contribution in [0.1, 0.15) is 39.9 Å². The van der Waals surface area contributed by atoms with E-state index < -0.39 is 0 Å². The van der Waals surface area contributed by atoms with Crippen LogP contribution < -0.4 is 0 Å². The van der Waals surface area contributed by atoms with Gasteiger partial charge in [-0.2, -0.15) is 0 Å². The second kappa shape index (κ2) is 3.95. The molecule has 4 rings (SSSR count). The second-order valence-corrected chi connectivity index (χ2v) is 5.84. The van der Waals surface area contributed by atoms with Gasteiger partial charge >= 0.3 is 0 Å². The van der Waals surface area contributed by atoms with Gasteiger partial charge in [-0.3, -0.25) is 4.79 Å². The highest BCUT2D eigenvalue weighted by Gasteiger charge is 2.53. The Hall–Kier alpha value is -2.09. The van der Waals surface area contributed by atoms with E-state index in [1.54, 1.807) is 0 Å². The maximum atomic E-state index is 12.7. The molecule has 0 radical (unpaired) electrons. The fraction of sp³-hybridized carbons (Fsp3) is 0.278. The molecule has 0 bridgehead atoms. The third kappa shape index (κ3) is 1.31. The number of nitrogens with zero attached hydrogens (tertiary/aromatic N) is 1. The summed E-state index contributed by atoms with van der Waals surface area (Å²) in [6, 6.07) is 16.7. The zero-order valence-corrected chi connectivity index (χ0v) is 11.6. The van der Waals surface area contributed by atoms with Crippen LogP contribution in [0.15, 0.2) is 48.5 Å². The summed E-state index contributed by atoms with van der Waals surface area (Å²) in [5.74, 6) is 0.196. The molecule has 0 aliphatic carbocycles. The largest absolute Gasteiger partial charge is 0.325 e. The van der Waals surface area contributed by atoms with Crippen molar-refractivity contribution >= 4 is 5.91 Å². The number of hydrogen-bond acceptors (Lipinski definition) is 1. The minimum atomic E-state index is -0.223. The number of carbonyl (C=O) groups is 1. The SMILES string of the molecule is Cc1ccc2c(c1)C1(c3ccccc3)CCCN1C2=O. The molecular formula is C18H17NO. The average molecular weight is 263 g/mol. The number of amides is 1. The van der Waals surface area contributed by atoms with Crippen molar-refractivity contribution in [2.75, 3.05) is 6.54 Å². The van der Waals surface area contributed by atoms with Gasteiger partial charge in [0.2, 0.25) is 0 Å². The van der Waals surface area contributed by atoms with Crippen molar-refractivity contribution in [2.24, 2.45) is 0 Å². The molecule has 0 spiro atoms. The van der Waals surface area contributed by atoms with Crippen molar-refractivity contribution in [3.8, 4) is 0 Å². The Morgan fingerprint density at radius 3 is 2.70 bits per heavy atom. The van der Waals surface area contributed by atoms with Crippen LogP contribution in [0.4, 0.5) is 0 Å². The number of carbonyl (C=O) groups excluding carboxylic acids is 1. The zero-order chi connectivity index (χ0) is 13.7. The lowest BCUT2D eigenvalue weighted by atomic mass is 9.81. The van der Waals surface area contributed by atoms with Gasteiger partial charge in [-0.1, -0.05) is 48.0 Å². The van der Waals surface area contributed by atoms with E-state index in [2.05, 4.69) is 42.2 Å². The van der Waals surface area contributed by atoms with Gasteiger partial charge in [-0.05, 0) is 37.0 Å². The molecule has 0 aromatic heterocycles. The second-order valence-electron chi connectivity index (χ2n) is 5.84. The van der Waals surface area contributed by atoms with E-state index in [1.807, 2.05) is 18.2 Å². The summed E-state index contributed by atoms with van der Waals surface area (Å²) in [5.41, 5.74) is 4.33. The van der Waals surface area contributed by atoms with E-state index >= 15 is 0 Å². The van der Waals surface area contributed by atoms with Crippen LogP contribution in [0, 0.1) is 6.92 Å². The number of fused-ring (bicyclic) bond motifs is 3. The first kappa shape index (κ1) is 11.7. The Kier molecular flexibility index (Phi) is 2.31. The Morgan fingerprint density at radius 2 is 1.90 bits per heavy atom. The first-order valence-electron chi connectivity index (χ1n) is 7.22. The summed E-state index contributed by atoms with van der Waals surface area (Å²) in [7, 11) is 0. The Labute approximate surface area is 119 Å². The molecule has 1 amide bonds. The summed E-state index contributed by atoms with van der Waals surface area (Å²) in [4.78, 5) is 14.8. The Bertz CT molecular complexity index is 692. The van der Waals surface area contributed by atoms with E-state index in [4.69, 9.17) is 0 Å². The van der Waals surface area contributed by atoms with Gasteiger partial charge in [0, 0.05) is 12.1 Å². The highest BCUT2D eigenvalue weighted by molar-refractivity contribution is 6.01. The van der Waals surface area contributed by atoms with E-state index in [1.165, 1.54) is 16.7 Å². The van der Waals surface area contributed by atoms with Crippen molar-refractivity contribution < 1.29 is 4.79 Å². The zero-order valence-electron chi connectivity index (χ0n) is 11.6. The van der Waals surface area contributed by atoms with Gasteiger partial charge in [0.1, 0.15) is 0 Å². The number of aryl methyl sites for hydroxylation is 1. The molecule has 2 aromatic carbocycles. The van der Waals surface area contributed by atoms with Crippen LogP contribution in [-0.4, -0.2) is 17.4 Å². The van der Waals surface area contributed by atoms with Gasteiger partial charge < -0.3 is 4.90 Å². The number of hydrogen-bond donors (Lipinski definition) is 0. The fourth-order valence-electron chi connectivity index (χ4n) is 3.88. The summed E-state index contributed by atoms with van der Waals surface area (Å²) in [6.07, 6.45) is 2.10. The normalized spacial score (nSPS) is 23.9. The van der Waals surface area contributed by atoms with Crippen LogP contribution in [0.2, 0.25) is 0 Å². The van der Waals surface area contributed by atoms with Crippen LogP contribution in [0.3, 0.4) is 0 Å². The molecule has 1 unspecified atom stereocenters. The molecular weight excluding hydrogens is 246 g/mol. The monoisotopic (exact) mass is 263 g/mol. The lowest BCUT2D eigenvalue weighted by molar-refractivity contribution is 0.0711. The number of benzene rings is 2. The maximum Gasteiger partial charge on any atom is 0.255 e. The van der Waals surface area contributed by atoms with Gasteiger partial charge in [-0.15, -0.1) is 0 Å². The van der Waals surface area contributed by atoms with Crippen LogP contribution >= 0.6 is 0 Å². The van der Waals surface area contributed by atoms with Crippen LogP contribution in [0.25, 0.3) is 0 Å². The van der Waals surface area contributed by atoms with Crippen molar-refractivity contribution in [1.82, 2.24) is 4.90 Å². The third-order valence-corrected chi connectivity index (χ3v) is 4.73. The summed E-state index contributed by atoms with van der Waals surface area (Å²) in [6.45, 7) is 2.96. The van der Waals surface area contributed by atoms with Crippen molar-refractivity contribution in [1.29, 1.82) is 0 Å². The molecule has 2 heterocycles. The fourth-order valence-corrected chi connectivity index (χ4v) is 3.88. The van der Waals surface area contributed by atoms with Gasteiger partial charge in [0.05, 0.1) is 5.54 Å². The molecule has 20 heavy (non-hydrogen) atoms. The third-order valence-electron chi connectivity index (χ3n) is 4.73. The van der Waals surface area contributed by atoms with Gasteiger partial charge in [0.25, 0.3) is 5.91 Å². The summed E-state index contributed by atoms with van der Waals surface area (Å²) < 4.78 is 0. The Morgan fingerprint density at radius 1 is 1.10 bits per heavy atom.